The lowest BCUT2D eigenvalue weighted by molar-refractivity contribution is -0.386. The van der Waals surface area contributed by atoms with Crippen LogP contribution in [0.25, 0.3) is 0 Å². The molecule has 0 bridgehead atoms. The summed E-state index contributed by atoms with van der Waals surface area (Å²) < 4.78 is 21.6. The Kier molecular flexibility index (Phi) is 6.31. The largest absolute Gasteiger partial charge is 0.464 e. The van der Waals surface area contributed by atoms with Crippen molar-refractivity contribution in [1.29, 1.82) is 0 Å². The zero-order valence-corrected chi connectivity index (χ0v) is 17.6. The quantitative estimate of drug-likeness (QED) is 0.306. The maximum absolute atomic E-state index is 13.4. The van der Waals surface area contributed by atoms with E-state index in [1.807, 2.05) is 18.2 Å². The molecule has 33 heavy (non-hydrogen) atoms. The minimum atomic E-state index is -0.678. The van der Waals surface area contributed by atoms with Gasteiger partial charge in [-0.15, -0.1) is 0 Å². The Morgan fingerprint density at radius 2 is 2.03 bits per heavy atom. The summed E-state index contributed by atoms with van der Waals surface area (Å²) in [5.74, 6) is -1.40. The standard InChI is InChI=1S/C21H16ClFN6O4/c22-17-4-2-1-3-14(17)11-28-12-16(10-24-28)25-21(30)18-7-8-27(26-18)13-33-20-9-15(23)5-6-19(20)29(31)32/h1-10,12H,11,13H2,(H,25,30). The summed E-state index contributed by atoms with van der Waals surface area (Å²) in [7, 11) is 0. The van der Waals surface area contributed by atoms with Crippen LogP contribution in [-0.2, 0) is 13.3 Å². The summed E-state index contributed by atoms with van der Waals surface area (Å²) >= 11 is 6.16. The molecule has 0 atom stereocenters. The third kappa shape index (κ3) is 5.33. The van der Waals surface area contributed by atoms with Gasteiger partial charge in [0.25, 0.3) is 5.91 Å². The molecule has 2 heterocycles. The molecule has 0 fully saturated rings. The van der Waals surface area contributed by atoms with E-state index in [1.165, 1.54) is 23.1 Å². The summed E-state index contributed by atoms with van der Waals surface area (Å²) in [4.78, 5) is 22.9. The average molecular weight is 471 g/mol. The van der Waals surface area contributed by atoms with Crippen LogP contribution in [0.1, 0.15) is 16.1 Å². The summed E-state index contributed by atoms with van der Waals surface area (Å²) in [6.45, 7) is 0.182. The summed E-state index contributed by atoms with van der Waals surface area (Å²) in [6.07, 6.45) is 4.61. The van der Waals surface area contributed by atoms with Gasteiger partial charge >= 0.3 is 5.69 Å². The second-order valence-corrected chi connectivity index (χ2v) is 7.26. The van der Waals surface area contributed by atoms with Crippen LogP contribution in [0.15, 0.2) is 67.1 Å². The normalized spacial score (nSPS) is 10.7. The molecular weight excluding hydrogens is 455 g/mol. The molecule has 0 aliphatic rings. The van der Waals surface area contributed by atoms with Crippen molar-refractivity contribution in [2.24, 2.45) is 0 Å². The van der Waals surface area contributed by atoms with Crippen molar-refractivity contribution in [1.82, 2.24) is 19.6 Å². The number of nitro benzene ring substituents is 1. The highest BCUT2D eigenvalue weighted by molar-refractivity contribution is 6.31. The van der Waals surface area contributed by atoms with Crippen LogP contribution in [0.3, 0.4) is 0 Å². The zero-order valence-electron chi connectivity index (χ0n) is 16.9. The van der Waals surface area contributed by atoms with Gasteiger partial charge in [-0.25, -0.2) is 9.07 Å². The minimum Gasteiger partial charge on any atom is -0.464 e. The van der Waals surface area contributed by atoms with Crippen molar-refractivity contribution < 1.29 is 18.8 Å². The molecule has 0 saturated heterocycles. The maximum atomic E-state index is 13.4. The lowest BCUT2D eigenvalue weighted by Crippen LogP contribution is -2.14. The molecule has 4 aromatic rings. The molecule has 0 unspecified atom stereocenters. The first-order valence-corrected chi connectivity index (χ1v) is 9.94. The highest BCUT2D eigenvalue weighted by Gasteiger charge is 2.17. The second-order valence-electron chi connectivity index (χ2n) is 6.86. The molecule has 0 radical (unpaired) electrons. The minimum absolute atomic E-state index is 0.0891. The molecule has 2 aromatic carbocycles. The number of anilines is 1. The number of nitrogens with one attached hydrogen (secondary N) is 1. The number of benzene rings is 2. The number of carbonyl (C=O) groups is 1. The molecule has 168 valence electrons. The predicted octanol–water partition coefficient (Wildman–Crippen LogP) is 4.12. The van der Waals surface area contributed by atoms with E-state index in [1.54, 1.807) is 16.9 Å². The van der Waals surface area contributed by atoms with Crippen LogP contribution in [0, 0.1) is 15.9 Å². The lowest BCUT2D eigenvalue weighted by Gasteiger charge is -2.07. The number of carbonyl (C=O) groups excluding carboxylic acids is 1. The van der Waals surface area contributed by atoms with Gasteiger partial charge in [-0.3, -0.25) is 19.6 Å². The molecule has 12 heteroatoms. The van der Waals surface area contributed by atoms with Crippen LogP contribution in [0.5, 0.6) is 5.75 Å². The molecule has 2 aromatic heterocycles. The molecule has 0 saturated carbocycles. The smallest absolute Gasteiger partial charge is 0.311 e. The first kappa shape index (κ1) is 22.0. The third-order valence-electron chi connectivity index (χ3n) is 4.53. The van der Waals surface area contributed by atoms with Crippen LogP contribution < -0.4 is 10.1 Å². The van der Waals surface area contributed by atoms with E-state index in [4.69, 9.17) is 16.3 Å². The topological polar surface area (TPSA) is 117 Å². The van der Waals surface area contributed by atoms with Crippen LogP contribution in [0.2, 0.25) is 5.02 Å². The van der Waals surface area contributed by atoms with E-state index in [0.717, 1.165) is 23.8 Å². The molecule has 0 aliphatic carbocycles. The van der Waals surface area contributed by atoms with Crippen molar-refractivity contribution in [3.8, 4) is 5.75 Å². The van der Waals surface area contributed by atoms with Gasteiger partial charge in [0, 0.05) is 29.5 Å². The third-order valence-corrected chi connectivity index (χ3v) is 4.89. The van der Waals surface area contributed by atoms with Crippen LogP contribution in [0.4, 0.5) is 15.8 Å². The molecule has 10 nitrogen and oxygen atoms in total. The first-order valence-electron chi connectivity index (χ1n) is 9.56. The van der Waals surface area contributed by atoms with Gasteiger partial charge in [0.2, 0.25) is 5.75 Å². The number of halogens is 2. The summed E-state index contributed by atoms with van der Waals surface area (Å²) in [6, 6.07) is 11.7. The van der Waals surface area contributed by atoms with Crippen molar-refractivity contribution in [2.75, 3.05) is 5.32 Å². The predicted molar refractivity (Wildman–Crippen MR) is 117 cm³/mol. The number of hydrogen-bond acceptors (Lipinski definition) is 6. The first-order chi connectivity index (χ1) is 15.9. The number of ether oxygens (including phenoxy) is 1. The number of rotatable bonds is 8. The zero-order chi connectivity index (χ0) is 23.4. The summed E-state index contributed by atoms with van der Waals surface area (Å²) in [5, 5.41) is 22.6. The van der Waals surface area contributed by atoms with Gasteiger partial charge < -0.3 is 10.1 Å². The molecule has 0 aliphatic heterocycles. The van der Waals surface area contributed by atoms with Gasteiger partial charge in [0.1, 0.15) is 5.82 Å². The number of hydrogen-bond donors (Lipinski definition) is 1. The molecular formula is C21H16ClFN6O4. The average Bonchev–Trinajstić information content (AvgIpc) is 3.43. The van der Waals surface area contributed by atoms with E-state index in [0.29, 0.717) is 17.3 Å². The van der Waals surface area contributed by atoms with Gasteiger partial charge in [0.15, 0.2) is 12.4 Å². The molecule has 1 N–H and O–H groups in total. The molecule has 0 spiro atoms. The van der Waals surface area contributed by atoms with Crippen LogP contribution in [-0.4, -0.2) is 30.4 Å². The van der Waals surface area contributed by atoms with E-state index in [9.17, 15) is 19.3 Å². The van der Waals surface area contributed by atoms with Crippen molar-refractivity contribution in [3.63, 3.8) is 0 Å². The van der Waals surface area contributed by atoms with E-state index < -0.39 is 16.6 Å². The van der Waals surface area contributed by atoms with Crippen LogP contribution >= 0.6 is 11.6 Å². The maximum Gasteiger partial charge on any atom is 0.311 e. The monoisotopic (exact) mass is 470 g/mol. The Hall–Kier alpha value is -4.25. The fraction of sp³-hybridized carbons (Fsp3) is 0.0952. The Bertz CT molecular complexity index is 1320. The summed E-state index contributed by atoms with van der Waals surface area (Å²) in [5.41, 5.74) is 1.06. The van der Waals surface area contributed by atoms with Gasteiger partial charge in [-0.1, -0.05) is 29.8 Å². The number of nitro groups is 1. The van der Waals surface area contributed by atoms with Gasteiger partial charge in [0.05, 0.1) is 23.4 Å². The van der Waals surface area contributed by atoms with Gasteiger partial charge in [-0.2, -0.15) is 10.2 Å². The van der Waals surface area contributed by atoms with E-state index >= 15 is 0 Å². The molecule has 1 amide bonds. The van der Waals surface area contributed by atoms with Crippen molar-refractivity contribution >= 4 is 28.9 Å². The fourth-order valence-corrected chi connectivity index (χ4v) is 3.15. The van der Waals surface area contributed by atoms with E-state index in [2.05, 4.69) is 15.5 Å². The Morgan fingerprint density at radius 3 is 2.82 bits per heavy atom. The number of nitrogens with zero attached hydrogens (tertiary/aromatic N) is 5. The Balaban J connectivity index is 1.37. The van der Waals surface area contributed by atoms with Gasteiger partial charge in [-0.05, 0) is 23.8 Å². The highest BCUT2D eigenvalue weighted by atomic mass is 35.5. The number of aromatic nitrogens is 4. The second kappa shape index (κ2) is 9.49. The Labute approximate surface area is 191 Å². The number of amides is 1. The lowest BCUT2D eigenvalue weighted by atomic mass is 10.2. The highest BCUT2D eigenvalue weighted by Crippen LogP contribution is 2.27. The Morgan fingerprint density at radius 1 is 1.21 bits per heavy atom. The van der Waals surface area contributed by atoms with E-state index in [-0.39, 0.29) is 23.9 Å². The SMILES string of the molecule is O=C(Nc1cnn(Cc2ccccc2Cl)c1)c1ccn(COc2cc(F)ccc2[N+](=O)[O-])n1. The molecule has 4 rings (SSSR count). The van der Waals surface area contributed by atoms with Crippen molar-refractivity contribution in [2.45, 2.75) is 13.3 Å². The van der Waals surface area contributed by atoms with Crippen molar-refractivity contribution in [3.05, 3.63) is 99.3 Å². The fourth-order valence-electron chi connectivity index (χ4n) is 2.96.